The summed E-state index contributed by atoms with van der Waals surface area (Å²) in [6.07, 6.45) is 3.32. The highest BCUT2D eigenvalue weighted by Gasteiger charge is 2.29. The largest absolute Gasteiger partial charge is 0.338 e. The summed E-state index contributed by atoms with van der Waals surface area (Å²) in [5.74, 6) is 2.62. The monoisotopic (exact) mass is 331 g/mol. The second-order valence-electron chi connectivity index (χ2n) is 5.65. The summed E-state index contributed by atoms with van der Waals surface area (Å²) in [4.78, 5) is 12.2. The lowest BCUT2D eigenvalue weighted by molar-refractivity contribution is 0.0986. The Kier molecular flexibility index (Phi) is 3.92. The summed E-state index contributed by atoms with van der Waals surface area (Å²) in [5, 5.41) is 9.98. The number of piperidine rings is 1. The highest BCUT2D eigenvalue weighted by atomic mass is 32.1. The molecule has 0 saturated carbocycles. The number of hydrogen-bond acceptors (Lipinski definition) is 8. The van der Waals surface area contributed by atoms with Crippen LogP contribution in [0.1, 0.15) is 42.9 Å². The van der Waals surface area contributed by atoms with Crippen LogP contribution >= 0.6 is 11.3 Å². The van der Waals surface area contributed by atoms with Crippen molar-refractivity contribution in [3.05, 3.63) is 35.1 Å². The predicted octanol–water partition coefficient (Wildman–Crippen LogP) is 3.22. The van der Waals surface area contributed by atoms with E-state index >= 15 is 0 Å². The zero-order chi connectivity index (χ0) is 15.6. The van der Waals surface area contributed by atoms with Gasteiger partial charge >= 0.3 is 0 Å². The summed E-state index contributed by atoms with van der Waals surface area (Å²) >= 11 is 1.60. The van der Waals surface area contributed by atoms with Crippen LogP contribution in [0.25, 0.3) is 10.7 Å². The van der Waals surface area contributed by atoms with Crippen molar-refractivity contribution in [2.24, 2.45) is 0 Å². The van der Waals surface area contributed by atoms with E-state index in [-0.39, 0.29) is 6.04 Å². The van der Waals surface area contributed by atoms with Crippen LogP contribution in [0.2, 0.25) is 0 Å². The van der Waals surface area contributed by atoms with Gasteiger partial charge in [0.15, 0.2) is 5.82 Å². The van der Waals surface area contributed by atoms with Crippen molar-refractivity contribution < 1.29 is 9.05 Å². The summed E-state index contributed by atoms with van der Waals surface area (Å²) in [6.45, 7) is 3.40. The molecule has 1 aliphatic heterocycles. The predicted molar refractivity (Wildman–Crippen MR) is 83.6 cm³/mol. The minimum atomic E-state index is 0.127. The van der Waals surface area contributed by atoms with E-state index in [1.807, 2.05) is 24.4 Å². The lowest BCUT2D eigenvalue weighted by atomic mass is 10.0. The Morgan fingerprint density at radius 3 is 3.00 bits per heavy atom. The molecule has 0 aliphatic carbocycles. The third-order valence-corrected chi connectivity index (χ3v) is 4.86. The third-order valence-electron chi connectivity index (χ3n) is 3.99. The molecular weight excluding hydrogens is 314 g/mol. The van der Waals surface area contributed by atoms with Crippen LogP contribution in [-0.4, -0.2) is 31.7 Å². The van der Waals surface area contributed by atoms with E-state index in [2.05, 4.69) is 25.2 Å². The first-order valence-corrected chi connectivity index (χ1v) is 8.58. The maximum Gasteiger partial charge on any atom is 0.243 e. The standard InChI is InChI=1S/C15H17N5O2S/c1-10-16-15(22-18-10)11-5-2-3-7-20(11)9-13-17-14(19-21-13)12-6-4-8-23-12/h4,6,8,11H,2-3,5,7,9H2,1H3/t11-/m0/s1. The SMILES string of the molecule is Cc1noc([C@@H]2CCCCN2Cc2nc(-c3cccs3)no2)n1. The number of thiophene rings is 1. The van der Waals surface area contributed by atoms with E-state index in [0.29, 0.717) is 30.0 Å². The number of rotatable bonds is 4. The second kappa shape index (κ2) is 6.21. The van der Waals surface area contributed by atoms with Crippen LogP contribution in [0, 0.1) is 6.92 Å². The summed E-state index contributed by atoms with van der Waals surface area (Å²) in [6, 6.07) is 4.10. The summed E-state index contributed by atoms with van der Waals surface area (Å²) < 4.78 is 10.8. The quantitative estimate of drug-likeness (QED) is 0.726. The molecule has 1 aliphatic rings. The molecule has 120 valence electrons. The van der Waals surface area contributed by atoms with E-state index in [1.165, 1.54) is 0 Å². The highest BCUT2D eigenvalue weighted by molar-refractivity contribution is 7.13. The molecule has 0 amide bonds. The van der Waals surface area contributed by atoms with Gasteiger partial charge < -0.3 is 9.05 Å². The first-order chi connectivity index (χ1) is 11.3. The van der Waals surface area contributed by atoms with E-state index in [1.54, 1.807) is 11.3 Å². The van der Waals surface area contributed by atoms with Crippen LogP contribution in [-0.2, 0) is 6.54 Å². The molecule has 23 heavy (non-hydrogen) atoms. The molecule has 3 aromatic heterocycles. The van der Waals surface area contributed by atoms with Crippen molar-refractivity contribution in [2.45, 2.75) is 38.8 Å². The first-order valence-electron chi connectivity index (χ1n) is 7.70. The molecule has 0 bridgehead atoms. The fourth-order valence-electron chi connectivity index (χ4n) is 2.91. The third kappa shape index (κ3) is 3.04. The van der Waals surface area contributed by atoms with Gasteiger partial charge in [-0.05, 0) is 37.8 Å². The van der Waals surface area contributed by atoms with Gasteiger partial charge in [0.25, 0.3) is 0 Å². The zero-order valence-electron chi connectivity index (χ0n) is 12.8. The second-order valence-corrected chi connectivity index (χ2v) is 6.60. The van der Waals surface area contributed by atoms with Gasteiger partial charge in [0.2, 0.25) is 17.6 Å². The Bertz CT molecular complexity index is 767. The fraction of sp³-hybridized carbons (Fsp3) is 0.467. The highest BCUT2D eigenvalue weighted by Crippen LogP contribution is 2.31. The molecule has 0 aromatic carbocycles. The molecule has 0 spiro atoms. The average Bonchev–Trinajstić information content (AvgIpc) is 3.28. The lowest BCUT2D eigenvalue weighted by Crippen LogP contribution is -2.33. The van der Waals surface area contributed by atoms with Crippen LogP contribution < -0.4 is 0 Å². The van der Waals surface area contributed by atoms with Gasteiger partial charge in [-0.15, -0.1) is 11.3 Å². The molecule has 4 heterocycles. The topological polar surface area (TPSA) is 81.1 Å². The smallest absolute Gasteiger partial charge is 0.243 e. The van der Waals surface area contributed by atoms with E-state index in [0.717, 1.165) is 30.7 Å². The molecule has 0 radical (unpaired) electrons. The first kappa shape index (κ1) is 14.5. The van der Waals surface area contributed by atoms with Crippen molar-refractivity contribution in [3.63, 3.8) is 0 Å². The summed E-state index contributed by atoms with van der Waals surface area (Å²) in [5.41, 5.74) is 0. The maximum absolute atomic E-state index is 5.42. The van der Waals surface area contributed by atoms with Gasteiger partial charge in [0.1, 0.15) is 0 Å². The number of hydrogen-bond donors (Lipinski definition) is 0. The number of nitrogens with zero attached hydrogens (tertiary/aromatic N) is 5. The molecular formula is C15H17N5O2S. The van der Waals surface area contributed by atoms with E-state index < -0.39 is 0 Å². The van der Waals surface area contributed by atoms with E-state index in [9.17, 15) is 0 Å². The molecule has 1 atom stereocenters. The van der Waals surface area contributed by atoms with Gasteiger partial charge in [0, 0.05) is 0 Å². The minimum Gasteiger partial charge on any atom is -0.338 e. The van der Waals surface area contributed by atoms with Gasteiger partial charge in [-0.3, -0.25) is 4.90 Å². The molecule has 8 heteroatoms. The number of aryl methyl sites for hydroxylation is 1. The molecule has 4 rings (SSSR count). The average molecular weight is 331 g/mol. The number of likely N-dealkylation sites (tertiary alicyclic amines) is 1. The normalized spacial score (nSPS) is 19.3. The van der Waals surface area contributed by atoms with E-state index in [4.69, 9.17) is 9.05 Å². The maximum atomic E-state index is 5.42. The molecule has 1 fully saturated rings. The zero-order valence-corrected chi connectivity index (χ0v) is 13.6. The molecule has 3 aromatic rings. The van der Waals surface area contributed by atoms with Crippen molar-refractivity contribution in [2.75, 3.05) is 6.54 Å². The van der Waals surface area contributed by atoms with Crippen molar-refractivity contribution in [1.82, 2.24) is 25.2 Å². The fourth-order valence-corrected chi connectivity index (χ4v) is 3.56. The lowest BCUT2D eigenvalue weighted by Gasteiger charge is -2.31. The van der Waals surface area contributed by atoms with Crippen molar-refractivity contribution in [3.8, 4) is 10.7 Å². The number of aromatic nitrogens is 4. The Labute approximate surface area is 137 Å². The Morgan fingerprint density at radius 2 is 2.22 bits per heavy atom. The van der Waals surface area contributed by atoms with Crippen LogP contribution in [0.15, 0.2) is 26.6 Å². The molecule has 0 unspecified atom stereocenters. The van der Waals surface area contributed by atoms with Crippen LogP contribution in [0.5, 0.6) is 0 Å². The minimum absolute atomic E-state index is 0.127. The Balaban J connectivity index is 1.52. The van der Waals surface area contributed by atoms with Gasteiger partial charge in [-0.2, -0.15) is 9.97 Å². The van der Waals surface area contributed by atoms with Gasteiger partial charge in [-0.1, -0.05) is 22.8 Å². The molecule has 1 saturated heterocycles. The summed E-state index contributed by atoms with van der Waals surface area (Å²) in [7, 11) is 0. The van der Waals surface area contributed by atoms with Crippen LogP contribution in [0.4, 0.5) is 0 Å². The molecule has 0 N–H and O–H groups in total. The van der Waals surface area contributed by atoms with Crippen LogP contribution in [0.3, 0.4) is 0 Å². The molecule has 7 nitrogen and oxygen atoms in total. The van der Waals surface area contributed by atoms with Gasteiger partial charge in [-0.25, -0.2) is 0 Å². The van der Waals surface area contributed by atoms with Gasteiger partial charge in [0.05, 0.1) is 17.5 Å². The van der Waals surface area contributed by atoms with Crippen molar-refractivity contribution >= 4 is 11.3 Å². The Hall–Kier alpha value is -2.06. The Morgan fingerprint density at radius 1 is 1.26 bits per heavy atom. The van der Waals surface area contributed by atoms with Crippen molar-refractivity contribution in [1.29, 1.82) is 0 Å².